The van der Waals surface area contributed by atoms with E-state index < -0.39 is 13.9 Å². The summed E-state index contributed by atoms with van der Waals surface area (Å²) in [6.45, 7) is 2.63. The van der Waals surface area contributed by atoms with Crippen LogP contribution in [0.4, 0.5) is 0 Å². The molecule has 1 unspecified atom stereocenters. The minimum Gasteiger partial charge on any atom is -0.379 e. The van der Waals surface area contributed by atoms with E-state index in [9.17, 15) is 9.36 Å². The Balaban J connectivity index is 2.03. The Morgan fingerprint density at radius 3 is 1.72 bits per heavy atom. The summed E-state index contributed by atoms with van der Waals surface area (Å²) in [4.78, 5) is 30.3. The topological polar surface area (TPSA) is 105 Å². The highest BCUT2D eigenvalue weighted by Crippen LogP contribution is 2.35. The summed E-state index contributed by atoms with van der Waals surface area (Å²) in [7, 11) is -4.62. The summed E-state index contributed by atoms with van der Waals surface area (Å²) in [5.74, 6) is -0.332. The Morgan fingerprint density at radius 1 is 0.778 bits per heavy atom. The number of unbranched alkanes of at least 4 members (excludes halogenated alkanes) is 15. The first-order valence-electron chi connectivity index (χ1n) is 14.1. The summed E-state index contributed by atoms with van der Waals surface area (Å²) in [6.07, 6.45) is 20.9. The maximum Gasteiger partial charge on any atom is 0.469 e. The summed E-state index contributed by atoms with van der Waals surface area (Å²) >= 11 is 0. The van der Waals surface area contributed by atoms with Gasteiger partial charge in [0.15, 0.2) is 0 Å². The maximum absolute atomic E-state index is 12.4. The van der Waals surface area contributed by atoms with E-state index in [4.69, 9.17) is 14.5 Å². The number of phosphoric acid groups is 1. The summed E-state index contributed by atoms with van der Waals surface area (Å²) in [6, 6.07) is 8.02. The number of hydrogen-bond acceptors (Lipinski definition) is 4. The molecule has 0 radical (unpaired) electrons. The average Bonchev–Trinajstić information content (AvgIpc) is 2.86. The van der Waals surface area contributed by atoms with Gasteiger partial charge in [0.2, 0.25) is 0 Å². The van der Waals surface area contributed by atoms with Gasteiger partial charge in [-0.25, -0.2) is 4.57 Å². The van der Waals surface area contributed by atoms with Crippen molar-refractivity contribution in [2.45, 2.75) is 116 Å². The van der Waals surface area contributed by atoms with Crippen molar-refractivity contribution in [3.63, 3.8) is 0 Å². The van der Waals surface area contributed by atoms with Crippen molar-refractivity contribution < 1.29 is 28.4 Å². The molecule has 0 saturated heterocycles. The third-order valence-corrected chi connectivity index (χ3v) is 6.76. The monoisotopic (exact) mass is 527 g/mol. The van der Waals surface area contributed by atoms with Crippen LogP contribution in [0.25, 0.3) is 0 Å². The van der Waals surface area contributed by atoms with Crippen LogP contribution in [0, 0.1) is 0 Å². The zero-order chi connectivity index (χ0) is 26.3. The van der Waals surface area contributed by atoms with Crippen molar-refractivity contribution in [2.24, 2.45) is 0 Å². The lowest BCUT2D eigenvalue weighted by Gasteiger charge is -2.19. The lowest BCUT2D eigenvalue weighted by atomic mass is 10.0. The van der Waals surface area contributed by atoms with Gasteiger partial charge in [-0.1, -0.05) is 121 Å². The Hall–Kier alpha value is -1.24. The predicted molar refractivity (Wildman–Crippen MR) is 146 cm³/mol. The van der Waals surface area contributed by atoms with Crippen molar-refractivity contribution in [3.8, 4) is 0 Å². The molecule has 1 aromatic carbocycles. The van der Waals surface area contributed by atoms with Gasteiger partial charge in [-0.2, -0.15) is 0 Å². The molecular formula is C28H50NO6P. The summed E-state index contributed by atoms with van der Waals surface area (Å²) < 4.78 is 21.3. The molecule has 0 heterocycles. The molecule has 1 aromatic rings. The molecule has 0 aliphatic rings. The van der Waals surface area contributed by atoms with E-state index in [-0.39, 0.29) is 19.1 Å². The minimum atomic E-state index is -4.62. The van der Waals surface area contributed by atoms with Gasteiger partial charge in [-0.3, -0.25) is 9.32 Å². The highest BCUT2D eigenvalue weighted by atomic mass is 31.2. The van der Waals surface area contributed by atoms with Crippen LogP contribution in [0.2, 0.25) is 0 Å². The van der Waals surface area contributed by atoms with Crippen LogP contribution in [0.15, 0.2) is 30.3 Å². The Morgan fingerprint density at radius 2 is 1.25 bits per heavy atom. The van der Waals surface area contributed by atoms with E-state index in [1.165, 1.54) is 89.9 Å². The highest BCUT2D eigenvalue weighted by molar-refractivity contribution is 7.46. The van der Waals surface area contributed by atoms with Crippen molar-refractivity contribution in [1.29, 1.82) is 0 Å². The molecule has 0 aliphatic carbocycles. The second-order valence-corrected chi connectivity index (χ2v) is 10.9. The first-order valence-corrected chi connectivity index (χ1v) is 15.6. The lowest BCUT2D eigenvalue weighted by Crippen LogP contribution is -2.41. The van der Waals surface area contributed by atoms with Crippen molar-refractivity contribution >= 4 is 13.7 Å². The van der Waals surface area contributed by atoms with Gasteiger partial charge < -0.3 is 19.8 Å². The molecule has 208 valence electrons. The molecule has 1 amide bonds. The lowest BCUT2D eigenvalue weighted by molar-refractivity contribution is 0.0698. The van der Waals surface area contributed by atoms with Crippen molar-refractivity contribution in [1.82, 2.24) is 5.32 Å². The first-order chi connectivity index (χ1) is 17.4. The van der Waals surface area contributed by atoms with Crippen molar-refractivity contribution in [2.75, 3.05) is 19.8 Å². The second kappa shape index (κ2) is 21.8. The molecule has 0 bridgehead atoms. The first kappa shape index (κ1) is 32.8. The molecule has 0 fully saturated rings. The molecule has 0 spiro atoms. The fourth-order valence-corrected chi connectivity index (χ4v) is 4.53. The van der Waals surface area contributed by atoms with E-state index in [2.05, 4.69) is 16.8 Å². The van der Waals surface area contributed by atoms with Gasteiger partial charge in [0.1, 0.15) is 0 Å². The van der Waals surface area contributed by atoms with Crippen LogP contribution in [0.5, 0.6) is 0 Å². The zero-order valence-corrected chi connectivity index (χ0v) is 23.3. The Kier molecular flexibility index (Phi) is 19.9. The Labute approximate surface area is 219 Å². The third kappa shape index (κ3) is 19.9. The van der Waals surface area contributed by atoms with Crippen LogP contribution in [-0.2, 0) is 13.8 Å². The molecule has 7 nitrogen and oxygen atoms in total. The number of nitrogens with one attached hydrogen (secondary N) is 1. The van der Waals surface area contributed by atoms with Crippen LogP contribution in [0.1, 0.15) is 120 Å². The summed E-state index contributed by atoms with van der Waals surface area (Å²) in [5.41, 5.74) is 0.469. The Bertz CT molecular complexity index is 697. The fraction of sp³-hybridized carbons (Fsp3) is 0.750. The van der Waals surface area contributed by atoms with E-state index in [1.54, 1.807) is 24.3 Å². The number of rotatable bonds is 24. The SMILES string of the molecule is CCCCCCCCCCCCCCCCCCOCC(COP(=O)(O)O)NC(=O)c1ccccc1. The van der Waals surface area contributed by atoms with Crippen LogP contribution in [-0.4, -0.2) is 41.6 Å². The van der Waals surface area contributed by atoms with Gasteiger partial charge >= 0.3 is 7.82 Å². The van der Waals surface area contributed by atoms with E-state index in [0.717, 1.165) is 12.8 Å². The minimum absolute atomic E-state index is 0.136. The fourth-order valence-electron chi connectivity index (χ4n) is 4.15. The van der Waals surface area contributed by atoms with Crippen LogP contribution in [0.3, 0.4) is 0 Å². The standard InChI is InChI=1S/C28H50NO6P/c1-2-3-4-5-6-7-8-9-10-11-12-13-14-15-16-20-23-34-24-27(25-35-36(31,32)33)29-28(30)26-21-18-17-19-22-26/h17-19,21-22,27H,2-16,20,23-25H2,1H3,(H,29,30)(H2,31,32,33). The third-order valence-electron chi connectivity index (χ3n) is 6.28. The van der Waals surface area contributed by atoms with E-state index >= 15 is 0 Å². The van der Waals surface area contributed by atoms with Gasteiger partial charge in [0.25, 0.3) is 5.91 Å². The number of hydrogen-bond donors (Lipinski definition) is 3. The summed E-state index contributed by atoms with van der Waals surface area (Å²) in [5, 5.41) is 2.73. The molecule has 3 N–H and O–H groups in total. The number of amides is 1. The predicted octanol–water partition coefficient (Wildman–Crippen LogP) is 7.17. The maximum atomic E-state index is 12.4. The molecule has 0 saturated carbocycles. The second-order valence-electron chi connectivity index (χ2n) is 9.70. The number of carbonyl (C=O) groups is 1. The van der Waals surface area contributed by atoms with Crippen LogP contribution < -0.4 is 5.32 Å². The highest BCUT2D eigenvalue weighted by Gasteiger charge is 2.20. The van der Waals surface area contributed by atoms with Gasteiger partial charge in [-0.15, -0.1) is 0 Å². The van der Waals surface area contributed by atoms with E-state index in [0.29, 0.717) is 12.2 Å². The number of phosphoric ester groups is 1. The zero-order valence-electron chi connectivity index (χ0n) is 22.4. The van der Waals surface area contributed by atoms with Gasteiger partial charge in [0, 0.05) is 12.2 Å². The molecular weight excluding hydrogens is 477 g/mol. The molecule has 36 heavy (non-hydrogen) atoms. The number of ether oxygens (including phenoxy) is 1. The molecule has 1 atom stereocenters. The largest absolute Gasteiger partial charge is 0.469 e. The van der Waals surface area contributed by atoms with Gasteiger partial charge in [0.05, 0.1) is 19.3 Å². The molecule has 1 rings (SSSR count). The van der Waals surface area contributed by atoms with Gasteiger partial charge in [-0.05, 0) is 18.6 Å². The quantitative estimate of drug-likeness (QED) is 0.0972. The van der Waals surface area contributed by atoms with Crippen molar-refractivity contribution in [3.05, 3.63) is 35.9 Å². The number of carbonyl (C=O) groups excluding carboxylic acids is 1. The molecule has 0 aromatic heterocycles. The smallest absolute Gasteiger partial charge is 0.379 e. The normalized spacial score (nSPS) is 12.5. The van der Waals surface area contributed by atoms with E-state index in [1.807, 2.05) is 6.07 Å². The average molecular weight is 528 g/mol. The molecule has 8 heteroatoms. The van der Waals surface area contributed by atoms with Crippen LogP contribution >= 0.6 is 7.82 Å². The molecule has 0 aliphatic heterocycles. The number of benzene rings is 1.